The second-order valence-corrected chi connectivity index (χ2v) is 7.42. The molecular formula is C13H17NO6S. The molecule has 3 heterocycles. The molecule has 21 heavy (non-hydrogen) atoms. The largest absolute Gasteiger partial charge is 0.455 e. The molecule has 0 aromatic carbocycles. The van der Waals surface area contributed by atoms with Gasteiger partial charge in [0.2, 0.25) is 5.91 Å². The van der Waals surface area contributed by atoms with Gasteiger partial charge in [-0.2, -0.15) is 9.78 Å². The molecule has 7 nitrogen and oxygen atoms in total. The Morgan fingerprint density at radius 1 is 1.48 bits per heavy atom. The smallest absolute Gasteiger partial charge is 0.355 e. The lowest BCUT2D eigenvalue weighted by molar-refractivity contribution is -0.173. The molecule has 1 N–H and O–H groups in total. The van der Waals surface area contributed by atoms with Crippen LogP contribution in [0.25, 0.3) is 0 Å². The number of amides is 1. The number of carbonyl (C=O) groups excluding carboxylic acids is 2. The molecule has 0 aromatic heterocycles. The van der Waals surface area contributed by atoms with Crippen molar-refractivity contribution in [3.05, 3.63) is 11.3 Å². The van der Waals surface area contributed by atoms with Gasteiger partial charge in [-0.1, -0.05) is 0 Å². The van der Waals surface area contributed by atoms with Gasteiger partial charge >= 0.3 is 11.9 Å². The lowest BCUT2D eigenvalue weighted by atomic mass is 9.93. The van der Waals surface area contributed by atoms with Crippen LogP contribution < -0.4 is 0 Å². The van der Waals surface area contributed by atoms with E-state index in [4.69, 9.17) is 4.74 Å². The summed E-state index contributed by atoms with van der Waals surface area (Å²) in [6, 6.07) is 0. The van der Waals surface area contributed by atoms with Gasteiger partial charge in [0, 0.05) is 5.75 Å². The first-order valence-electron chi connectivity index (χ1n) is 6.61. The van der Waals surface area contributed by atoms with Gasteiger partial charge in [-0.15, -0.1) is 11.8 Å². The Morgan fingerprint density at radius 3 is 2.62 bits per heavy atom. The molecule has 0 radical (unpaired) electrons. The Hall–Kier alpha value is -1.09. The summed E-state index contributed by atoms with van der Waals surface area (Å²) >= 11 is 1.46. The van der Waals surface area contributed by atoms with Crippen LogP contribution in [0.15, 0.2) is 11.3 Å². The van der Waals surface area contributed by atoms with Gasteiger partial charge in [0.05, 0.1) is 0 Å². The van der Waals surface area contributed by atoms with Crippen LogP contribution in [0.5, 0.6) is 0 Å². The predicted octanol–water partition coefficient (Wildman–Crippen LogP) is 0.741. The monoisotopic (exact) mass is 315 g/mol. The number of hydrogen-bond acceptors (Lipinski definition) is 7. The summed E-state index contributed by atoms with van der Waals surface area (Å²) in [5.74, 6) is -2.99. The van der Waals surface area contributed by atoms with Crippen LogP contribution >= 0.6 is 11.8 Å². The van der Waals surface area contributed by atoms with Crippen LogP contribution in [0.3, 0.4) is 0 Å². The van der Waals surface area contributed by atoms with Crippen molar-refractivity contribution >= 4 is 23.6 Å². The number of rotatable bonds is 2. The van der Waals surface area contributed by atoms with Crippen LogP contribution in [0.4, 0.5) is 0 Å². The molecule has 3 aliphatic rings. The Kier molecular flexibility index (Phi) is 3.14. The Labute approximate surface area is 126 Å². The van der Waals surface area contributed by atoms with Crippen LogP contribution in [-0.2, 0) is 24.1 Å². The maximum absolute atomic E-state index is 12.3. The van der Waals surface area contributed by atoms with Crippen molar-refractivity contribution in [1.82, 2.24) is 4.90 Å². The summed E-state index contributed by atoms with van der Waals surface area (Å²) in [6.45, 7) is 7.10. The minimum Gasteiger partial charge on any atom is -0.455 e. The molecule has 3 aliphatic heterocycles. The summed E-state index contributed by atoms with van der Waals surface area (Å²) in [5, 5.41) is 9.42. The molecule has 3 rings (SSSR count). The third kappa shape index (κ3) is 2.36. The molecule has 1 amide bonds. The van der Waals surface area contributed by atoms with Crippen molar-refractivity contribution in [2.24, 2.45) is 5.92 Å². The molecular weight excluding hydrogens is 298 g/mol. The molecule has 0 spiro atoms. The van der Waals surface area contributed by atoms with E-state index in [9.17, 15) is 14.7 Å². The number of aliphatic hydroxyl groups is 1. The zero-order chi connectivity index (χ0) is 15.6. The molecule has 116 valence electrons. The van der Waals surface area contributed by atoms with Crippen LogP contribution in [-0.4, -0.2) is 44.6 Å². The van der Waals surface area contributed by atoms with E-state index in [1.807, 2.05) is 0 Å². The summed E-state index contributed by atoms with van der Waals surface area (Å²) in [7, 11) is 0. The molecule has 0 aliphatic carbocycles. The number of β-lactam (4-membered cyclic amide) rings is 1. The van der Waals surface area contributed by atoms with Crippen molar-refractivity contribution in [3.8, 4) is 0 Å². The van der Waals surface area contributed by atoms with Crippen molar-refractivity contribution in [3.63, 3.8) is 0 Å². The first kappa shape index (κ1) is 14.8. The van der Waals surface area contributed by atoms with Crippen molar-refractivity contribution in [1.29, 1.82) is 0 Å². The van der Waals surface area contributed by atoms with E-state index in [-0.39, 0.29) is 11.1 Å². The SMILES string of the molecule is CC1=C(C(=O)OC(C)(C)C)N2C(=O)C(C3(O)OO3)[C@@H]2SC1. The number of thioether (sulfide) groups is 1. The minimum absolute atomic E-state index is 0.263. The van der Waals surface area contributed by atoms with Crippen molar-refractivity contribution in [2.45, 2.75) is 44.6 Å². The highest BCUT2D eigenvalue weighted by molar-refractivity contribution is 8.00. The second-order valence-electron chi connectivity index (χ2n) is 6.32. The van der Waals surface area contributed by atoms with Gasteiger partial charge in [-0.3, -0.25) is 9.69 Å². The van der Waals surface area contributed by atoms with Crippen LogP contribution in [0.2, 0.25) is 0 Å². The molecule has 0 bridgehead atoms. The third-order valence-electron chi connectivity index (χ3n) is 3.40. The van der Waals surface area contributed by atoms with E-state index in [1.54, 1.807) is 27.7 Å². The van der Waals surface area contributed by atoms with Crippen molar-refractivity contribution < 1.29 is 29.2 Å². The second kappa shape index (κ2) is 4.45. The summed E-state index contributed by atoms with van der Waals surface area (Å²) in [4.78, 5) is 34.9. The maximum Gasteiger partial charge on any atom is 0.355 e. The van der Waals surface area contributed by atoms with Crippen LogP contribution in [0.1, 0.15) is 27.7 Å². The standard InChI is InChI=1S/C13H17NO6S/c1-6-5-21-10-7(13(17)19-20-13)9(15)14(10)8(6)11(16)18-12(2,3)4/h7,10,17H,5H2,1-4H3/t7?,10-/m0/s1. The van der Waals surface area contributed by atoms with Gasteiger partial charge in [-0.05, 0) is 33.3 Å². The number of carbonyl (C=O) groups is 2. The molecule has 0 aromatic rings. The average molecular weight is 315 g/mol. The number of fused-ring (bicyclic) bond motifs is 1. The van der Waals surface area contributed by atoms with Crippen molar-refractivity contribution in [2.75, 3.05) is 5.75 Å². The summed E-state index contributed by atoms with van der Waals surface area (Å²) in [6.07, 6.45) is 0. The van der Waals surface area contributed by atoms with E-state index in [0.29, 0.717) is 5.75 Å². The Morgan fingerprint density at radius 2 is 2.10 bits per heavy atom. The fourth-order valence-electron chi connectivity index (χ4n) is 2.44. The highest BCUT2D eigenvalue weighted by Gasteiger charge is 2.70. The Balaban J connectivity index is 1.84. The lowest BCUT2D eigenvalue weighted by Crippen LogP contribution is -2.66. The fraction of sp³-hybridized carbons (Fsp3) is 0.692. The predicted molar refractivity (Wildman–Crippen MR) is 72.2 cm³/mol. The maximum atomic E-state index is 12.3. The lowest BCUT2D eigenvalue weighted by Gasteiger charge is -2.49. The molecule has 1 unspecified atom stereocenters. The molecule has 8 heteroatoms. The Bertz CT molecular complexity index is 547. The van der Waals surface area contributed by atoms with E-state index in [0.717, 1.165) is 5.57 Å². The van der Waals surface area contributed by atoms with Gasteiger partial charge < -0.3 is 9.84 Å². The number of esters is 1. The van der Waals surface area contributed by atoms with Gasteiger partial charge in [0.15, 0.2) is 5.92 Å². The van der Waals surface area contributed by atoms with Gasteiger partial charge in [-0.25, -0.2) is 4.79 Å². The highest BCUT2D eigenvalue weighted by Crippen LogP contribution is 2.52. The third-order valence-corrected chi connectivity index (χ3v) is 4.82. The first-order valence-corrected chi connectivity index (χ1v) is 7.66. The quantitative estimate of drug-likeness (QED) is 0.348. The van der Waals surface area contributed by atoms with E-state index in [1.165, 1.54) is 16.7 Å². The van der Waals surface area contributed by atoms with Gasteiger partial charge in [0.1, 0.15) is 16.7 Å². The number of hydrogen-bond donors (Lipinski definition) is 1. The van der Waals surface area contributed by atoms with Crippen LogP contribution in [0, 0.1) is 5.92 Å². The zero-order valence-electron chi connectivity index (χ0n) is 12.2. The molecule has 2 fully saturated rings. The first-order chi connectivity index (χ1) is 9.64. The van der Waals surface area contributed by atoms with E-state index in [2.05, 4.69) is 9.78 Å². The average Bonchev–Trinajstić information content (AvgIpc) is 3.05. The molecule has 0 saturated carbocycles. The minimum atomic E-state index is -1.84. The molecule has 2 atom stereocenters. The summed E-state index contributed by atoms with van der Waals surface area (Å²) < 4.78 is 5.36. The summed E-state index contributed by atoms with van der Waals surface area (Å²) in [5.41, 5.74) is 0.402. The highest BCUT2D eigenvalue weighted by atomic mass is 32.2. The number of nitrogens with zero attached hydrogens (tertiary/aromatic N) is 1. The fourth-order valence-corrected chi connectivity index (χ4v) is 3.83. The normalized spacial score (nSPS) is 30.7. The van der Waals surface area contributed by atoms with E-state index < -0.39 is 29.4 Å². The topological polar surface area (TPSA) is 91.9 Å². The number of ether oxygens (including phenoxy) is 1. The van der Waals surface area contributed by atoms with Gasteiger partial charge in [0.25, 0.3) is 0 Å². The zero-order valence-corrected chi connectivity index (χ0v) is 13.0. The van der Waals surface area contributed by atoms with E-state index >= 15 is 0 Å². The molecule has 2 saturated heterocycles.